The quantitative estimate of drug-likeness (QED) is 0.772. The zero-order valence-electron chi connectivity index (χ0n) is 18.0. The predicted octanol–water partition coefficient (Wildman–Crippen LogP) is 2.39. The summed E-state index contributed by atoms with van der Waals surface area (Å²) >= 11 is 0. The highest BCUT2D eigenvalue weighted by molar-refractivity contribution is 5.95. The molecule has 166 valence electrons. The summed E-state index contributed by atoms with van der Waals surface area (Å²) < 4.78 is 5.73. The van der Waals surface area contributed by atoms with E-state index in [4.69, 9.17) is 9.72 Å². The van der Waals surface area contributed by atoms with Gasteiger partial charge in [0.25, 0.3) is 5.91 Å². The van der Waals surface area contributed by atoms with E-state index in [1.807, 2.05) is 0 Å². The highest BCUT2D eigenvalue weighted by Crippen LogP contribution is 2.55. The maximum Gasteiger partial charge on any atom is 0.254 e. The van der Waals surface area contributed by atoms with Crippen LogP contribution in [0.5, 0.6) is 0 Å². The van der Waals surface area contributed by atoms with E-state index >= 15 is 0 Å². The fraction of sp³-hybridized carbons (Fsp3) is 0.792. The number of aliphatic hydroxyl groups is 1. The third-order valence-electron chi connectivity index (χ3n) is 9.24. The van der Waals surface area contributed by atoms with Gasteiger partial charge in [-0.15, -0.1) is 0 Å². The zero-order valence-corrected chi connectivity index (χ0v) is 18.0. The second kappa shape index (κ2) is 6.64. The standard InChI is InChI=1S/C24H32N4O3/c29-22(26-20-15-4-13-5-16(20)9-24(30,7-13)8-15)19-10-25-23(27-21(19)14-2-1-3-14)28-11-18-6-17(28)12-31-18/h10,13-18,20,30H,1-9,11-12H2,(H,26,29). The van der Waals surface area contributed by atoms with E-state index < -0.39 is 5.60 Å². The Labute approximate surface area is 183 Å². The minimum atomic E-state index is -0.474. The van der Waals surface area contributed by atoms with Crippen LogP contribution in [0, 0.1) is 17.8 Å². The molecule has 1 aromatic rings. The molecule has 2 N–H and O–H groups in total. The smallest absolute Gasteiger partial charge is 0.254 e. The second-order valence-corrected chi connectivity index (χ2v) is 11.3. The molecule has 7 nitrogen and oxygen atoms in total. The van der Waals surface area contributed by atoms with Gasteiger partial charge >= 0.3 is 0 Å². The third kappa shape index (κ3) is 2.95. The first-order valence-electron chi connectivity index (χ1n) is 12.3. The van der Waals surface area contributed by atoms with E-state index in [0.717, 1.165) is 76.2 Å². The lowest BCUT2D eigenvalue weighted by Crippen LogP contribution is -2.61. The van der Waals surface area contributed by atoms with Crippen molar-refractivity contribution in [3.63, 3.8) is 0 Å². The van der Waals surface area contributed by atoms with Gasteiger partial charge in [0.05, 0.1) is 35.6 Å². The summed E-state index contributed by atoms with van der Waals surface area (Å²) in [5.74, 6) is 2.59. The van der Waals surface area contributed by atoms with Crippen molar-refractivity contribution in [2.45, 2.75) is 87.5 Å². The Bertz CT molecular complexity index is 902. The van der Waals surface area contributed by atoms with Crippen LogP contribution in [0.1, 0.15) is 79.8 Å². The molecular weight excluding hydrogens is 392 g/mol. The maximum absolute atomic E-state index is 13.5. The molecule has 2 aliphatic heterocycles. The van der Waals surface area contributed by atoms with Crippen molar-refractivity contribution < 1.29 is 14.6 Å². The molecule has 0 radical (unpaired) electrons. The average Bonchev–Trinajstić information content (AvgIpc) is 3.31. The van der Waals surface area contributed by atoms with E-state index in [1.54, 1.807) is 6.20 Å². The number of aromatic nitrogens is 2. The van der Waals surface area contributed by atoms with Crippen LogP contribution in [-0.4, -0.2) is 57.9 Å². The number of carbonyl (C=O) groups excluding carboxylic acids is 1. The first-order valence-corrected chi connectivity index (χ1v) is 12.3. The van der Waals surface area contributed by atoms with E-state index in [-0.39, 0.29) is 11.9 Å². The highest BCUT2D eigenvalue weighted by Gasteiger charge is 2.55. The molecule has 6 bridgehead atoms. The first kappa shape index (κ1) is 18.8. The summed E-state index contributed by atoms with van der Waals surface area (Å²) in [6.45, 7) is 1.61. The van der Waals surface area contributed by atoms with Crippen LogP contribution < -0.4 is 10.2 Å². The monoisotopic (exact) mass is 424 g/mol. The maximum atomic E-state index is 13.5. The lowest BCUT2D eigenvalue weighted by Gasteiger charge is -2.58. The number of anilines is 1. The Morgan fingerprint density at radius 3 is 2.61 bits per heavy atom. The first-order chi connectivity index (χ1) is 15.0. The number of rotatable bonds is 4. The number of amides is 1. The van der Waals surface area contributed by atoms with Crippen molar-refractivity contribution in [3.05, 3.63) is 17.5 Å². The van der Waals surface area contributed by atoms with Crippen molar-refractivity contribution in [3.8, 4) is 0 Å². The van der Waals surface area contributed by atoms with Crippen molar-refractivity contribution >= 4 is 11.9 Å². The number of nitrogens with zero attached hydrogens (tertiary/aromatic N) is 3. The van der Waals surface area contributed by atoms with E-state index in [9.17, 15) is 9.90 Å². The van der Waals surface area contributed by atoms with Crippen molar-refractivity contribution in [2.75, 3.05) is 18.1 Å². The SMILES string of the molecule is O=C(NC1C2CC3CC1CC(O)(C3)C2)c1cnc(N2CC3CC2CO3)nc1C1CCC1. The number of carbonyl (C=O) groups is 1. The van der Waals surface area contributed by atoms with Gasteiger partial charge in [-0.3, -0.25) is 4.79 Å². The van der Waals surface area contributed by atoms with Gasteiger partial charge in [-0.2, -0.15) is 0 Å². The Balaban J connectivity index is 1.15. The van der Waals surface area contributed by atoms with Gasteiger partial charge in [0, 0.05) is 24.7 Å². The molecule has 4 unspecified atom stereocenters. The summed E-state index contributed by atoms with van der Waals surface area (Å²) in [4.78, 5) is 25.4. The number of fused-ring (bicyclic) bond motifs is 2. The Hall–Kier alpha value is -1.73. The minimum absolute atomic E-state index is 0.0100. The lowest BCUT2D eigenvalue weighted by molar-refractivity contribution is -0.136. The van der Waals surface area contributed by atoms with Crippen LogP contribution in [0.25, 0.3) is 0 Å². The van der Waals surface area contributed by atoms with E-state index in [1.165, 1.54) is 6.42 Å². The molecule has 7 fully saturated rings. The van der Waals surface area contributed by atoms with E-state index in [2.05, 4.69) is 15.2 Å². The summed E-state index contributed by atoms with van der Waals surface area (Å²) in [6.07, 6.45) is 11.5. The minimum Gasteiger partial charge on any atom is -0.390 e. The molecule has 1 aromatic heterocycles. The lowest BCUT2D eigenvalue weighted by atomic mass is 9.52. The number of hydrogen-bond donors (Lipinski definition) is 2. The largest absolute Gasteiger partial charge is 0.390 e. The second-order valence-electron chi connectivity index (χ2n) is 11.3. The summed E-state index contributed by atoms with van der Waals surface area (Å²) in [7, 11) is 0. The normalized spacial score (nSPS) is 42.8. The van der Waals surface area contributed by atoms with Crippen molar-refractivity contribution in [1.82, 2.24) is 15.3 Å². The molecule has 3 heterocycles. The molecule has 5 saturated carbocycles. The van der Waals surface area contributed by atoms with Gasteiger partial charge in [0.2, 0.25) is 5.95 Å². The highest BCUT2D eigenvalue weighted by atomic mass is 16.5. The van der Waals surface area contributed by atoms with Crippen LogP contribution in [-0.2, 0) is 4.74 Å². The molecule has 8 rings (SSSR count). The molecule has 7 aliphatic rings. The van der Waals surface area contributed by atoms with E-state index in [0.29, 0.717) is 41.4 Å². The Morgan fingerprint density at radius 1 is 1.19 bits per heavy atom. The molecule has 0 spiro atoms. The summed E-state index contributed by atoms with van der Waals surface area (Å²) in [5.41, 5.74) is 1.14. The Kier molecular flexibility index (Phi) is 4.03. The van der Waals surface area contributed by atoms with Crippen molar-refractivity contribution in [1.29, 1.82) is 0 Å². The fourth-order valence-electron chi connectivity index (χ4n) is 7.78. The topological polar surface area (TPSA) is 87.6 Å². The van der Waals surface area contributed by atoms with Gasteiger partial charge in [-0.1, -0.05) is 6.42 Å². The molecule has 0 aromatic carbocycles. The van der Waals surface area contributed by atoms with Gasteiger partial charge in [-0.25, -0.2) is 9.97 Å². The molecule has 5 aliphatic carbocycles. The van der Waals surface area contributed by atoms with Crippen LogP contribution in [0.15, 0.2) is 6.20 Å². The van der Waals surface area contributed by atoms with Crippen LogP contribution in [0.2, 0.25) is 0 Å². The van der Waals surface area contributed by atoms with Gasteiger partial charge in [0.1, 0.15) is 0 Å². The predicted molar refractivity (Wildman–Crippen MR) is 114 cm³/mol. The Morgan fingerprint density at radius 2 is 2.00 bits per heavy atom. The van der Waals surface area contributed by atoms with Crippen molar-refractivity contribution in [2.24, 2.45) is 17.8 Å². The number of morpholine rings is 1. The molecular formula is C24H32N4O3. The van der Waals surface area contributed by atoms with Crippen LogP contribution in [0.3, 0.4) is 0 Å². The third-order valence-corrected chi connectivity index (χ3v) is 9.24. The van der Waals surface area contributed by atoms with Gasteiger partial charge in [-0.05, 0) is 69.1 Å². The number of nitrogens with one attached hydrogen (secondary N) is 1. The zero-order chi connectivity index (χ0) is 20.7. The molecule has 1 amide bonds. The number of hydrogen-bond acceptors (Lipinski definition) is 6. The summed E-state index contributed by atoms with van der Waals surface area (Å²) in [5, 5.41) is 14.3. The molecule has 31 heavy (non-hydrogen) atoms. The molecule has 7 heteroatoms. The van der Waals surface area contributed by atoms with Gasteiger partial charge < -0.3 is 20.1 Å². The van der Waals surface area contributed by atoms with Gasteiger partial charge in [0.15, 0.2) is 0 Å². The molecule has 4 atom stereocenters. The summed E-state index contributed by atoms with van der Waals surface area (Å²) in [6, 6.07) is 0.558. The molecule has 2 saturated heterocycles. The average molecular weight is 425 g/mol. The number of ether oxygens (including phenoxy) is 1. The van der Waals surface area contributed by atoms with Crippen LogP contribution in [0.4, 0.5) is 5.95 Å². The fourth-order valence-corrected chi connectivity index (χ4v) is 7.78. The van der Waals surface area contributed by atoms with Crippen LogP contribution >= 0.6 is 0 Å².